The quantitative estimate of drug-likeness (QED) is 0.548. The molecule has 96 valence electrons. The van der Waals surface area contributed by atoms with E-state index in [-0.39, 0.29) is 0 Å². The van der Waals surface area contributed by atoms with Crippen LogP contribution >= 0.6 is 0 Å². The molecule has 1 rings (SSSR count). The summed E-state index contributed by atoms with van der Waals surface area (Å²) in [4.78, 5) is 34.9. The second-order valence-electron chi connectivity index (χ2n) is 4.53. The third-order valence-electron chi connectivity index (χ3n) is 3.21. The van der Waals surface area contributed by atoms with Crippen molar-refractivity contribution < 1.29 is 14.4 Å². The number of nitrogens with one attached hydrogen (secondary N) is 2. The van der Waals surface area contributed by atoms with E-state index in [9.17, 15) is 14.4 Å². The highest BCUT2D eigenvalue weighted by molar-refractivity contribution is 6.19. The predicted octanol–water partition coefficient (Wildman–Crippen LogP) is 1.72. The van der Waals surface area contributed by atoms with Gasteiger partial charge in [0.2, 0.25) is 11.8 Å². The fourth-order valence-corrected chi connectivity index (χ4v) is 2.26. The minimum absolute atomic E-state index is 0.441. The van der Waals surface area contributed by atoms with Crippen LogP contribution in [-0.2, 0) is 9.59 Å². The maximum Gasteiger partial charge on any atom is 0.328 e. The lowest BCUT2D eigenvalue weighted by atomic mass is 9.76. The highest BCUT2D eigenvalue weighted by Crippen LogP contribution is 2.33. The Morgan fingerprint density at radius 3 is 1.94 bits per heavy atom. The molecule has 5 heteroatoms. The van der Waals surface area contributed by atoms with Gasteiger partial charge in [0.1, 0.15) is 5.41 Å². The molecule has 1 heterocycles. The lowest BCUT2D eigenvalue weighted by Gasteiger charge is -2.33. The van der Waals surface area contributed by atoms with Crippen LogP contribution in [0, 0.1) is 5.41 Å². The maximum absolute atomic E-state index is 11.9. The molecule has 1 saturated heterocycles. The van der Waals surface area contributed by atoms with Crippen molar-refractivity contribution in [1.82, 2.24) is 10.6 Å². The highest BCUT2D eigenvalue weighted by Gasteiger charge is 2.48. The van der Waals surface area contributed by atoms with E-state index in [1.54, 1.807) is 0 Å². The third-order valence-corrected chi connectivity index (χ3v) is 3.21. The molecule has 0 aromatic rings. The summed E-state index contributed by atoms with van der Waals surface area (Å²) in [7, 11) is 0. The van der Waals surface area contributed by atoms with Gasteiger partial charge in [-0.05, 0) is 12.8 Å². The van der Waals surface area contributed by atoms with Gasteiger partial charge in [0.15, 0.2) is 0 Å². The molecular formula is C12H20N2O3. The molecule has 1 fully saturated rings. The van der Waals surface area contributed by atoms with E-state index in [0.717, 1.165) is 25.7 Å². The van der Waals surface area contributed by atoms with Crippen molar-refractivity contribution >= 4 is 17.8 Å². The Morgan fingerprint density at radius 2 is 1.47 bits per heavy atom. The summed E-state index contributed by atoms with van der Waals surface area (Å²) in [5.41, 5.74) is -1.04. The zero-order valence-electron chi connectivity index (χ0n) is 10.5. The average molecular weight is 240 g/mol. The molecule has 4 amide bonds. The SMILES string of the molecule is CCCCCC1(CCC)C(=O)NC(=O)NC1=O. The number of carbonyl (C=O) groups is 3. The monoisotopic (exact) mass is 240 g/mol. The largest absolute Gasteiger partial charge is 0.328 e. The number of urea groups is 1. The molecule has 1 aliphatic heterocycles. The number of hydrogen-bond acceptors (Lipinski definition) is 3. The summed E-state index contributed by atoms with van der Waals surface area (Å²) in [5.74, 6) is -0.881. The Balaban J connectivity index is 2.83. The van der Waals surface area contributed by atoms with Gasteiger partial charge in [-0.3, -0.25) is 20.2 Å². The second-order valence-corrected chi connectivity index (χ2v) is 4.53. The van der Waals surface area contributed by atoms with Crippen molar-refractivity contribution in [1.29, 1.82) is 0 Å². The van der Waals surface area contributed by atoms with Crippen molar-refractivity contribution in [2.45, 2.75) is 52.4 Å². The molecule has 1 aliphatic rings. The van der Waals surface area contributed by atoms with Gasteiger partial charge in [-0.25, -0.2) is 4.79 Å². The van der Waals surface area contributed by atoms with Crippen LogP contribution < -0.4 is 10.6 Å². The number of carbonyl (C=O) groups excluding carboxylic acids is 3. The Hall–Kier alpha value is -1.39. The summed E-state index contributed by atoms with van der Waals surface area (Å²) in [6.07, 6.45) is 4.58. The summed E-state index contributed by atoms with van der Waals surface area (Å²) < 4.78 is 0. The van der Waals surface area contributed by atoms with E-state index in [4.69, 9.17) is 0 Å². The number of rotatable bonds is 6. The summed E-state index contributed by atoms with van der Waals surface area (Å²) >= 11 is 0. The van der Waals surface area contributed by atoms with E-state index < -0.39 is 23.3 Å². The first-order valence-corrected chi connectivity index (χ1v) is 6.23. The second kappa shape index (κ2) is 5.80. The van der Waals surface area contributed by atoms with Gasteiger partial charge in [0.25, 0.3) is 0 Å². The van der Waals surface area contributed by atoms with Crippen LogP contribution in [0.15, 0.2) is 0 Å². The van der Waals surface area contributed by atoms with E-state index in [1.807, 2.05) is 6.92 Å². The molecular weight excluding hydrogens is 220 g/mol. The van der Waals surface area contributed by atoms with Crippen LogP contribution in [0.25, 0.3) is 0 Å². The Kier molecular flexibility index (Phi) is 4.66. The van der Waals surface area contributed by atoms with Crippen molar-refractivity contribution in [3.8, 4) is 0 Å². The first-order valence-electron chi connectivity index (χ1n) is 6.23. The van der Waals surface area contributed by atoms with Crippen LogP contribution in [-0.4, -0.2) is 17.8 Å². The molecule has 0 unspecified atom stereocenters. The van der Waals surface area contributed by atoms with E-state index in [1.165, 1.54) is 0 Å². The number of imide groups is 2. The zero-order chi connectivity index (χ0) is 12.9. The van der Waals surface area contributed by atoms with Gasteiger partial charge < -0.3 is 0 Å². The van der Waals surface area contributed by atoms with Gasteiger partial charge in [-0.15, -0.1) is 0 Å². The molecule has 0 radical (unpaired) electrons. The van der Waals surface area contributed by atoms with Crippen LogP contribution in [0.4, 0.5) is 4.79 Å². The number of amides is 4. The van der Waals surface area contributed by atoms with Gasteiger partial charge in [-0.1, -0.05) is 39.5 Å². The Bertz CT molecular complexity index is 306. The molecule has 5 nitrogen and oxygen atoms in total. The summed E-state index contributed by atoms with van der Waals surface area (Å²) in [6.45, 7) is 4.00. The van der Waals surface area contributed by atoms with Crippen LogP contribution in [0.3, 0.4) is 0 Å². The molecule has 2 N–H and O–H groups in total. The molecule has 0 atom stereocenters. The molecule has 17 heavy (non-hydrogen) atoms. The fraction of sp³-hybridized carbons (Fsp3) is 0.750. The Labute approximate surface area is 101 Å². The van der Waals surface area contributed by atoms with Crippen molar-refractivity contribution in [3.05, 3.63) is 0 Å². The first-order chi connectivity index (χ1) is 8.06. The normalized spacial score (nSPS) is 18.8. The van der Waals surface area contributed by atoms with E-state index in [2.05, 4.69) is 17.6 Å². The average Bonchev–Trinajstić information content (AvgIpc) is 2.25. The van der Waals surface area contributed by atoms with Crippen LogP contribution in [0.2, 0.25) is 0 Å². The zero-order valence-corrected chi connectivity index (χ0v) is 10.5. The predicted molar refractivity (Wildman–Crippen MR) is 63.2 cm³/mol. The van der Waals surface area contributed by atoms with Crippen molar-refractivity contribution in [2.75, 3.05) is 0 Å². The standard InChI is InChI=1S/C12H20N2O3/c1-3-5-6-8-12(7-4-2)9(15)13-11(17)14-10(12)16/h3-8H2,1-2H3,(H2,13,14,15,16,17). The lowest BCUT2D eigenvalue weighted by Crippen LogP contribution is -2.62. The summed E-state index contributed by atoms with van der Waals surface area (Å²) in [6, 6.07) is -0.706. The maximum atomic E-state index is 11.9. The van der Waals surface area contributed by atoms with Gasteiger partial charge in [0.05, 0.1) is 0 Å². The van der Waals surface area contributed by atoms with Gasteiger partial charge in [0, 0.05) is 0 Å². The van der Waals surface area contributed by atoms with E-state index in [0.29, 0.717) is 12.8 Å². The molecule has 0 aromatic heterocycles. The molecule has 0 bridgehead atoms. The summed E-state index contributed by atoms with van der Waals surface area (Å²) in [5, 5.41) is 4.41. The van der Waals surface area contributed by atoms with Crippen LogP contribution in [0.5, 0.6) is 0 Å². The Morgan fingerprint density at radius 1 is 0.882 bits per heavy atom. The third kappa shape index (κ3) is 2.84. The van der Waals surface area contributed by atoms with Gasteiger partial charge in [-0.2, -0.15) is 0 Å². The highest BCUT2D eigenvalue weighted by atomic mass is 16.2. The number of unbranched alkanes of at least 4 members (excludes halogenated alkanes) is 2. The van der Waals surface area contributed by atoms with Crippen molar-refractivity contribution in [3.63, 3.8) is 0 Å². The molecule has 0 aromatic carbocycles. The number of barbiturate groups is 1. The smallest absolute Gasteiger partial charge is 0.277 e. The molecule has 0 spiro atoms. The molecule has 0 aliphatic carbocycles. The lowest BCUT2D eigenvalue weighted by molar-refractivity contribution is -0.145. The minimum Gasteiger partial charge on any atom is -0.277 e. The number of hydrogen-bond donors (Lipinski definition) is 2. The van der Waals surface area contributed by atoms with Gasteiger partial charge >= 0.3 is 6.03 Å². The fourth-order valence-electron chi connectivity index (χ4n) is 2.26. The first kappa shape index (κ1) is 13.7. The van der Waals surface area contributed by atoms with Crippen molar-refractivity contribution in [2.24, 2.45) is 5.41 Å². The topological polar surface area (TPSA) is 75.3 Å². The minimum atomic E-state index is -1.04. The van der Waals surface area contributed by atoms with E-state index >= 15 is 0 Å². The van der Waals surface area contributed by atoms with Crippen LogP contribution in [0.1, 0.15) is 52.4 Å². The molecule has 0 saturated carbocycles.